The number of hydrogen-bond donors (Lipinski definition) is 2. The predicted molar refractivity (Wildman–Crippen MR) is 123 cm³/mol. The summed E-state index contributed by atoms with van der Waals surface area (Å²) in [7, 11) is -3.58. The van der Waals surface area contributed by atoms with Gasteiger partial charge in [0.05, 0.1) is 4.90 Å². The van der Waals surface area contributed by atoms with Gasteiger partial charge in [-0.1, -0.05) is 38.1 Å². The molecule has 172 valence electrons. The molecule has 3 amide bonds. The predicted octanol–water partition coefficient (Wildman–Crippen LogP) is 2.17. The van der Waals surface area contributed by atoms with Crippen LogP contribution in [-0.4, -0.2) is 62.3 Å². The second kappa shape index (κ2) is 10.1. The summed E-state index contributed by atoms with van der Waals surface area (Å²) in [6.07, 6.45) is 0.563. The van der Waals surface area contributed by atoms with Crippen LogP contribution in [0.2, 0.25) is 0 Å². The van der Waals surface area contributed by atoms with Crippen molar-refractivity contribution in [1.82, 2.24) is 14.5 Å². The van der Waals surface area contributed by atoms with Crippen molar-refractivity contribution in [1.29, 1.82) is 0 Å². The molecule has 2 aromatic rings. The molecule has 0 bridgehead atoms. The fourth-order valence-electron chi connectivity index (χ4n) is 3.61. The van der Waals surface area contributed by atoms with E-state index in [1.165, 1.54) is 4.31 Å². The van der Waals surface area contributed by atoms with Crippen LogP contribution >= 0.6 is 0 Å². The van der Waals surface area contributed by atoms with E-state index in [4.69, 9.17) is 5.73 Å². The van der Waals surface area contributed by atoms with Crippen molar-refractivity contribution in [3.8, 4) is 0 Å². The average molecular weight is 459 g/mol. The molecular formula is C23H30N4O4S. The maximum atomic E-state index is 12.9. The van der Waals surface area contributed by atoms with Gasteiger partial charge in [0.2, 0.25) is 15.9 Å². The van der Waals surface area contributed by atoms with E-state index in [1.807, 2.05) is 18.2 Å². The van der Waals surface area contributed by atoms with Crippen LogP contribution in [0, 0.1) is 0 Å². The number of rotatable bonds is 7. The molecule has 3 rings (SSSR count). The number of nitrogens with two attached hydrogens (primary N) is 1. The topological polar surface area (TPSA) is 113 Å². The largest absolute Gasteiger partial charge is 0.366 e. The van der Waals surface area contributed by atoms with Crippen molar-refractivity contribution in [2.24, 2.45) is 5.73 Å². The number of urea groups is 1. The van der Waals surface area contributed by atoms with E-state index in [9.17, 15) is 18.0 Å². The first kappa shape index (κ1) is 23.7. The van der Waals surface area contributed by atoms with Gasteiger partial charge in [-0.2, -0.15) is 4.31 Å². The van der Waals surface area contributed by atoms with Gasteiger partial charge in [-0.15, -0.1) is 0 Å². The number of primary amides is 1. The standard InChI is InChI=1S/C23H30N4O4S/c1-17(2)19-6-8-21(9-7-19)32(30,31)27-14-12-26(13-15-27)23(29)25-11-10-18-4-3-5-20(16-18)22(24)28/h3-9,16-17H,10-15H2,1-2H3,(H2,24,28)(H,25,29). The second-order valence-electron chi connectivity index (χ2n) is 8.16. The molecule has 1 aliphatic heterocycles. The lowest BCUT2D eigenvalue weighted by Gasteiger charge is -2.34. The lowest BCUT2D eigenvalue weighted by atomic mass is 10.0. The van der Waals surface area contributed by atoms with Crippen LogP contribution in [0.5, 0.6) is 0 Å². The Bertz CT molecular complexity index is 1060. The molecule has 0 aromatic heterocycles. The molecule has 3 N–H and O–H groups in total. The molecule has 0 radical (unpaired) electrons. The Kier molecular flexibility index (Phi) is 7.52. The van der Waals surface area contributed by atoms with Gasteiger partial charge in [0.25, 0.3) is 0 Å². The van der Waals surface area contributed by atoms with Gasteiger partial charge < -0.3 is 16.0 Å². The average Bonchev–Trinajstić information content (AvgIpc) is 2.79. The summed E-state index contributed by atoms with van der Waals surface area (Å²) < 4.78 is 27.3. The Labute approximate surface area is 189 Å². The first-order valence-corrected chi connectivity index (χ1v) is 12.1. The summed E-state index contributed by atoms with van der Waals surface area (Å²) in [5.41, 5.74) is 7.72. The van der Waals surface area contributed by atoms with Gasteiger partial charge in [0, 0.05) is 38.3 Å². The van der Waals surface area contributed by atoms with E-state index in [0.717, 1.165) is 11.1 Å². The highest BCUT2D eigenvalue weighted by Gasteiger charge is 2.30. The van der Waals surface area contributed by atoms with E-state index in [2.05, 4.69) is 19.2 Å². The molecule has 1 heterocycles. The monoisotopic (exact) mass is 458 g/mol. The Morgan fingerprint density at radius 3 is 2.28 bits per heavy atom. The number of benzene rings is 2. The van der Waals surface area contributed by atoms with Gasteiger partial charge in [-0.25, -0.2) is 13.2 Å². The third-order valence-corrected chi connectivity index (χ3v) is 7.52. The summed E-state index contributed by atoms with van der Waals surface area (Å²) in [5, 5.41) is 2.85. The molecule has 9 heteroatoms. The summed E-state index contributed by atoms with van der Waals surface area (Å²) in [5.74, 6) is -0.152. The Morgan fingerprint density at radius 2 is 1.69 bits per heavy atom. The molecule has 1 fully saturated rings. The summed E-state index contributed by atoms with van der Waals surface area (Å²) >= 11 is 0. The van der Waals surface area contributed by atoms with Gasteiger partial charge in [-0.05, 0) is 47.7 Å². The molecular weight excluding hydrogens is 428 g/mol. The highest BCUT2D eigenvalue weighted by molar-refractivity contribution is 7.89. The Morgan fingerprint density at radius 1 is 1.03 bits per heavy atom. The molecule has 32 heavy (non-hydrogen) atoms. The van der Waals surface area contributed by atoms with Gasteiger partial charge >= 0.3 is 6.03 Å². The van der Waals surface area contributed by atoms with E-state index in [0.29, 0.717) is 37.5 Å². The maximum Gasteiger partial charge on any atom is 0.317 e. The lowest BCUT2D eigenvalue weighted by Crippen LogP contribution is -2.53. The molecule has 0 unspecified atom stereocenters. The highest BCUT2D eigenvalue weighted by Crippen LogP contribution is 2.21. The third kappa shape index (κ3) is 5.66. The minimum absolute atomic E-state index is 0.227. The smallest absolute Gasteiger partial charge is 0.317 e. The zero-order valence-corrected chi connectivity index (χ0v) is 19.3. The molecule has 0 atom stereocenters. The molecule has 2 aromatic carbocycles. The molecule has 8 nitrogen and oxygen atoms in total. The fourth-order valence-corrected chi connectivity index (χ4v) is 5.03. The number of carbonyl (C=O) groups is 2. The SMILES string of the molecule is CC(C)c1ccc(S(=O)(=O)N2CCN(C(=O)NCCc3cccc(C(N)=O)c3)CC2)cc1. The zero-order chi connectivity index (χ0) is 23.3. The molecule has 0 spiro atoms. The zero-order valence-electron chi connectivity index (χ0n) is 18.5. The number of carbonyl (C=O) groups excluding carboxylic acids is 2. The fraction of sp³-hybridized carbons (Fsp3) is 0.391. The van der Waals surface area contributed by atoms with Crippen LogP contribution in [0.1, 0.15) is 41.3 Å². The molecule has 1 aliphatic rings. The quantitative estimate of drug-likeness (QED) is 0.662. The van der Waals surface area contributed by atoms with Crippen molar-refractivity contribution in [3.63, 3.8) is 0 Å². The van der Waals surface area contributed by atoms with Crippen molar-refractivity contribution < 1.29 is 18.0 Å². The van der Waals surface area contributed by atoms with Crippen LogP contribution in [-0.2, 0) is 16.4 Å². The van der Waals surface area contributed by atoms with Crippen LogP contribution in [0.25, 0.3) is 0 Å². The number of hydrogen-bond acceptors (Lipinski definition) is 4. The van der Waals surface area contributed by atoms with Gasteiger partial charge in [0.15, 0.2) is 0 Å². The molecule has 1 saturated heterocycles. The van der Waals surface area contributed by atoms with Crippen molar-refractivity contribution in [2.75, 3.05) is 32.7 Å². The number of sulfonamides is 1. The third-order valence-electron chi connectivity index (χ3n) is 5.61. The van der Waals surface area contributed by atoms with E-state index in [-0.39, 0.29) is 24.0 Å². The number of amides is 3. The van der Waals surface area contributed by atoms with Gasteiger partial charge in [0.1, 0.15) is 0 Å². The van der Waals surface area contributed by atoms with Crippen molar-refractivity contribution in [3.05, 3.63) is 65.2 Å². The minimum Gasteiger partial charge on any atom is -0.366 e. The summed E-state index contributed by atoms with van der Waals surface area (Å²) in [6.45, 7) is 5.68. The van der Waals surface area contributed by atoms with Crippen LogP contribution in [0.4, 0.5) is 4.79 Å². The number of piperazine rings is 1. The first-order valence-electron chi connectivity index (χ1n) is 10.7. The van der Waals surface area contributed by atoms with Crippen molar-refractivity contribution >= 4 is 22.0 Å². The molecule has 0 saturated carbocycles. The maximum absolute atomic E-state index is 12.9. The van der Waals surface area contributed by atoms with Crippen molar-refractivity contribution in [2.45, 2.75) is 31.1 Å². The Balaban J connectivity index is 1.49. The van der Waals surface area contributed by atoms with Crippen LogP contribution in [0.3, 0.4) is 0 Å². The normalized spacial score (nSPS) is 15.0. The number of nitrogens with one attached hydrogen (secondary N) is 1. The summed E-state index contributed by atoms with van der Waals surface area (Å²) in [6, 6.07) is 13.8. The van der Waals surface area contributed by atoms with Crippen LogP contribution in [0.15, 0.2) is 53.4 Å². The summed E-state index contributed by atoms with van der Waals surface area (Å²) in [4.78, 5) is 25.6. The first-order chi connectivity index (χ1) is 15.2. The van der Waals surface area contributed by atoms with E-state index in [1.54, 1.807) is 35.2 Å². The Hall–Kier alpha value is -2.91. The van der Waals surface area contributed by atoms with E-state index < -0.39 is 15.9 Å². The second-order valence-corrected chi connectivity index (χ2v) is 10.1. The van der Waals surface area contributed by atoms with Crippen LogP contribution < -0.4 is 11.1 Å². The number of nitrogens with zero attached hydrogens (tertiary/aromatic N) is 2. The lowest BCUT2D eigenvalue weighted by molar-refractivity contribution is 0.1000. The van der Waals surface area contributed by atoms with Gasteiger partial charge in [-0.3, -0.25) is 4.79 Å². The minimum atomic E-state index is -3.58. The highest BCUT2D eigenvalue weighted by atomic mass is 32.2. The van der Waals surface area contributed by atoms with E-state index >= 15 is 0 Å². The molecule has 0 aliphatic carbocycles.